The molecule has 0 spiro atoms. The fourth-order valence-corrected chi connectivity index (χ4v) is 1.76. The number of nitrogens with one attached hydrogen (secondary N) is 2. The van der Waals surface area contributed by atoms with Crippen molar-refractivity contribution >= 4 is 5.91 Å². The van der Waals surface area contributed by atoms with Crippen LogP contribution >= 0.6 is 0 Å². The van der Waals surface area contributed by atoms with Gasteiger partial charge in [0.25, 0.3) is 0 Å². The minimum Gasteiger partial charge on any atom is -0.355 e. The van der Waals surface area contributed by atoms with E-state index in [2.05, 4.69) is 15.5 Å². The van der Waals surface area contributed by atoms with E-state index >= 15 is 0 Å². The van der Waals surface area contributed by atoms with Crippen molar-refractivity contribution in [2.24, 2.45) is 5.92 Å². The average molecular weight is 197 g/mol. The summed E-state index contributed by atoms with van der Waals surface area (Å²) < 4.78 is 0. The second-order valence-corrected chi connectivity index (χ2v) is 4.16. The summed E-state index contributed by atoms with van der Waals surface area (Å²) >= 11 is 0. The van der Waals surface area contributed by atoms with Crippen molar-refractivity contribution in [3.63, 3.8) is 0 Å². The van der Waals surface area contributed by atoms with E-state index in [0.29, 0.717) is 5.92 Å². The van der Waals surface area contributed by atoms with Gasteiger partial charge in [0.15, 0.2) is 0 Å². The van der Waals surface area contributed by atoms with Gasteiger partial charge >= 0.3 is 0 Å². The van der Waals surface area contributed by atoms with Crippen LogP contribution in [0.3, 0.4) is 0 Å². The molecular formula is C10H19N3O. The van der Waals surface area contributed by atoms with Crippen LogP contribution in [0.1, 0.15) is 12.8 Å². The highest BCUT2D eigenvalue weighted by Crippen LogP contribution is 2.28. The molecule has 0 aromatic heterocycles. The maximum atomic E-state index is 11.3. The van der Waals surface area contributed by atoms with Gasteiger partial charge in [-0.3, -0.25) is 9.69 Å². The number of piperazine rings is 1. The smallest absolute Gasteiger partial charge is 0.223 e. The van der Waals surface area contributed by atoms with Crippen molar-refractivity contribution in [2.75, 3.05) is 39.3 Å². The second-order valence-electron chi connectivity index (χ2n) is 4.16. The van der Waals surface area contributed by atoms with Crippen LogP contribution in [0.15, 0.2) is 0 Å². The first-order valence-corrected chi connectivity index (χ1v) is 5.57. The highest BCUT2D eigenvalue weighted by Gasteiger charge is 2.29. The molecule has 1 saturated heterocycles. The molecule has 2 aliphatic rings. The van der Waals surface area contributed by atoms with Gasteiger partial charge in [-0.15, -0.1) is 0 Å². The first kappa shape index (κ1) is 9.93. The Morgan fingerprint density at radius 2 is 2.07 bits per heavy atom. The largest absolute Gasteiger partial charge is 0.355 e. The molecule has 0 aromatic rings. The zero-order chi connectivity index (χ0) is 9.80. The lowest BCUT2D eigenvalue weighted by atomic mass is 10.3. The third kappa shape index (κ3) is 2.96. The summed E-state index contributed by atoms with van der Waals surface area (Å²) in [4.78, 5) is 13.7. The van der Waals surface area contributed by atoms with E-state index in [4.69, 9.17) is 0 Å². The number of amides is 1. The Morgan fingerprint density at radius 1 is 1.36 bits per heavy atom. The van der Waals surface area contributed by atoms with Gasteiger partial charge in [-0.25, -0.2) is 0 Å². The summed E-state index contributed by atoms with van der Waals surface area (Å²) in [5, 5.41) is 6.30. The van der Waals surface area contributed by atoms with Crippen molar-refractivity contribution < 1.29 is 4.79 Å². The summed E-state index contributed by atoms with van der Waals surface area (Å²) in [7, 11) is 0. The summed E-state index contributed by atoms with van der Waals surface area (Å²) in [6.45, 7) is 6.20. The molecule has 0 unspecified atom stereocenters. The van der Waals surface area contributed by atoms with Crippen LogP contribution in [0, 0.1) is 5.92 Å². The van der Waals surface area contributed by atoms with E-state index in [1.165, 1.54) is 0 Å². The molecule has 2 rings (SSSR count). The Kier molecular flexibility index (Phi) is 3.37. The number of hydrogen-bond acceptors (Lipinski definition) is 3. The molecule has 1 aliphatic carbocycles. The van der Waals surface area contributed by atoms with Gasteiger partial charge in [0.1, 0.15) is 0 Å². The molecular weight excluding hydrogens is 178 g/mol. The number of carbonyl (C=O) groups excluding carboxylic acids is 1. The van der Waals surface area contributed by atoms with E-state index in [0.717, 1.165) is 52.1 Å². The molecule has 2 fully saturated rings. The molecule has 2 N–H and O–H groups in total. The minimum absolute atomic E-state index is 0.264. The predicted octanol–water partition coefficient (Wildman–Crippen LogP) is -0.582. The normalized spacial score (nSPS) is 23.4. The van der Waals surface area contributed by atoms with Gasteiger partial charge in [0, 0.05) is 45.2 Å². The van der Waals surface area contributed by atoms with Crippen molar-refractivity contribution in [3.05, 3.63) is 0 Å². The quantitative estimate of drug-likeness (QED) is 0.633. The lowest BCUT2D eigenvalue weighted by molar-refractivity contribution is -0.122. The minimum atomic E-state index is 0.264. The van der Waals surface area contributed by atoms with Crippen LogP contribution in [-0.2, 0) is 4.79 Å². The van der Waals surface area contributed by atoms with E-state index < -0.39 is 0 Å². The van der Waals surface area contributed by atoms with Crippen LogP contribution in [0.4, 0.5) is 0 Å². The lowest BCUT2D eigenvalue weighted by Crippen LogP contribution is -2.46. The highest BCUT2D eigenvalue weighted by atomic mass is 16.2. The first-order chi connectivity index (χ1) is 6.86. The summed E-state index contributed by atoms with van der Waals surface area (Å²) in [5.41, 5.74) is 0. The summed E-state index contributed by atoms with van der Waals surface area (Å²) in [5.74, 6) is 0.609. The molecule has 1 heterocycles. The third-order valence-electron chi connectivity index (χ3n) is 2.89. The number of nitrogens with zero attached hydrogens (tertiary/aromatic N) is 1. The fourth-order valence-electron chi connectivity index (χ4n) is 1.76. The molecule has 0 atom stereocenters. The fraction of sp³-hybridized carbons (Fsp3) is 0.900. The maximum Gasteiger partial charge on any atom is 0.223 e. The zero-order valence-electron chi connectivity index (χ0n) is 8.59. The molecule has 1 aliphatic heterocycles. The SMILES string of the molecule is O=C(NCCN1CCNCC1)C1CC1. The Hall–Kier alpha value is -0.610. The van der Waals surface area contributed by atoms with E-state index in [9.17, 15) is 4.79 Å². The Balaban J connectivity index is 1.54. The van der Waals surface area contributed by atoms with Gasteiger partial charge in [0.2, 0.25) is 5.91 Å². The molecule has 0 bridgehead atoms. The van der Waals surface area contributed by atoms with Crippen LogP contribution < -0.4 is 10.6 Å². The molecule has 14 heavy (non-hydrogen) atoms. The molecule has 1 saturated carbocycles. The lowest BCUT2D eigenvalue weighted by Gasteiger charge is -2.27. The zero-order valence-corrected chi connectivity index (χ0v) is 8.59. The van der Waals surface area contributed by atoms with Gasteiger partial charge in [0.05, 0.1) is 0 Å². The molecule has 4 nitrogen and oxygen atoms in total. The topological polar surface area (TPSA) is 44.4 Å². The van der Waals surface area contributed by atoms with Crippen LogP contribution in [-0.4, -0.2) is 50.1 Å². The maximum absolute atomic E-state index is 11.3. The Labute approximate surface area is 85.0 Å². The number of carbonyl (C=O) groups is 1. The van der Waals surface area contributed by atoms with E-state index in [-0.39, 0.29) is 5.91 Å². The highest BCUT2D eigenvalue weighted by molar-refractivity contribution is 5.80. The predicted molar refractivity (Wildman–Crippen MR) is 55.0 cm³/mol. The van der Waals surface area contributed by atoms with Crippen molar-refractivity contribution in [3.8, 4) is 0 Å². The van der Waals surface area contributed by atoms with Crippen LogP contribution in [0.5, 0.6) is 0 Å². The Bertz CT molecular complexity index is 198. The van der Waals surface area contributed by atoms with Crippen molar-refractivity contribution in [1.29, 1.82) is 0 Å². The second kappa shape index (κ2) is 4.75. The van der Waals surface area contributed by atoms with Gasteiger partial charge < -0.3 is 10.6 Å². The van der Waals surface area contributed by atoms with Gasteiger partial charge in [-0.2, -0.15) is 0 Å². The van der Waals surface area contributed by atoms with Gasteiger partial charge in [-0.1, -0.05) is 0 Å². The number of rotatable bonds is 4. The summed E-state index contributed by atoms with van der Waals surface area (Å²) in [6, 6.07) is 0. The van der Waals surface area contributed by atoms with Crippen LogP contribution in [0.25, 0.3) is 0 Å². The monoisotopic (exact) mass is 197 g/mol. The van der Waals surface area contributed by atoms with Crippen LogP contribution in [0.2, 0.25) is 0 Å². The number of hydrogen-bond donors (Lipinski definition) is 2. The first-order valence-electron chi connectivity index (χ1n) is 5.57. The van der Waals surface area contributed by atoms with Gasteiger partial charge in [-0.05, 0) is 12.8 Å². The Morgan fingerprint density at radius 3 is 2.71 bits per heavy atom. The molecule has 80 valence electrons. The molecule has 0 radical (unpaired) electrons. The van der Waals surface area contributed by atoms with E-state index in [1.807, 2.05) is 0 Å². The molecule has 1 amide bonds. The molecule has 4 heteroatoms. The van der Waals surface area contributed by atoms with E-state index in [1.54, 1.807) is 0 Å². The molecule has 0 aromatic carbocycles. The third-order valence-corrected chi connectivity index (χ3v) is 2.89. The van der Waals surface area contributed by atoms with Crippen molar-refractivity contribution in [1.82, 2.24) is 15.5 Å². The standard InChI is InChI=1S/C10H19N3O/c14-10(9-1-2-9)12-5-8-13-6-3-11-4-7-13/h9,11H,1-8H2,(H,12,14). The van der Waals surface area contributed by atoms with Crippen molar-refractivity contribution in [2.45, 2.75) is 12.8 Å². The average Bonchev–Trinajstić information content (AvgIpc) is 3.02. The summed E-state index contributed by atoms with van der Waals surface area (Å²) in [6.07, 6.45) is 2.19.